The minimum Gasteiger partial charge on any atom is -0.475 e. The molecule has 5 rings (SSSR count). The summed E-state index contributed by atoms with van der Waals surface area (Å²) in [6, 6.07) is 3.95. The van der Waals surface area contributed by atoms with Gasteiger partial charge in [0.1, 0.15) is 0 Å². The first kappa shape index (κ1) is 30.1. The lowest BCUT2D eigenvalue weighted by Crippen LogP contribution is -2.49. The topological polar surface area (TPSA) is 141 Å². The molecule has 3 aromatic rings. The van der Waals surface area contributed by atoms with E-state index in [0.29, 0.717) is 5.91 Å². The molecule has 1 aliphatic heterocycles. The molecule has 0 aromatic carbocycles. The molecule has 40 heavy (non-hydrogen) atoms. The second kappa shape index (κ2) is 12.2. The predicted octanol–water partition coefficient (Wildman–Crippen LogP) is 3.12. The van der Waals surface area contributed by atoms with E-state index in [0.717, 1.165) is 61.7 Å². The van der Waals surface area contributed by atoms with Gasteiger partial charge in [0, 0.05) is 62.4 Å². The zero-order chi connectivity index (χ0) is 29.7. The van der Waals surface area contributed by atoms with Crippen molar-refractivity contribution >= 4 is 29.3 Å². The number of carboxylic acids is 2. The van der Waals surface area contributed by atoms with Crippen molar-refractivity contribution in [1.29, 1.82) is 0 Å². The average Bonchev–Trinajstić information content (AvgIpc) is 3.66. The molecule has 1 saturated carbocycles. The molecule has 0 spiro atoms. The van der Waals surface area contributed by atoms with Gasteiger partial charge in [-0.2, -0.15) is 26.3 Å². The molecule has 11 nitrogen and oxygen atoms in total. The van der Waals surface area contributed by atoms with E-state index in [1.165, 1.54) is 0 Å². The summed E-state index contributed by atoms with van der Waals surface area (Å²) in [7, 11) is 0. The number of aliphatic carboxylic acids is 2. The van der Waals surface area contributed by atoms with Crippen molar-refractivity contribution in [3.05, 3.63) is 43.1 Å². The van der Waals surface area contributed by atoms with Crippen molar-refractivity contribution in [2.75, 3.05) is 31.1 Å². The minimum absolute atomic E-state index is 0.289. The molecule has 4 heterocycles. The summed E-state index contributed by atoms with van der Waals surface area (Å²) in [6.45, 7) is 3.10. The maximum Gasteiger partial charge on any atom is 0.490 e. The van der Waals surface area contributed by atoms with Gasteiger partial charge in [0.15, 0.2) is 11.5 Å². The molecular weight excluding hydrogens is 554 g/mol. The fraction of sp³-hybridized carbons (Fsp3) is 0.391. The maximum absolute atomic E-state index is 12.2. The van der Waals surface area contributed by atoms with Crippen molar-refractivity contribution in [2.24, 2.45) is 5.92 Å². The predicted molar refractivity (Wildman–Crippen MR) is 125 cm³/mol. The number of alkyl halides is 6. The highest BCUT2D eigenvalue weighted by Crippen LogP contribution is 2.32. The molecule has 2 fully saturated rings. The van der Waals surface area contributed by atoms with Crippen LogP contribution in [0.25, 0.3) is 16.9 Å². The van der Waals surface area contributed by atoms with E-state index in [1.54, 1.807) is 6.20 Å². The van der Waals surface area contributed by atoms with Gasteiger partial charge in [0.2, 0.25) is 5.91 Å². The Labute approximate surface area is 221 Å². The van der Waals surface area contributed by atoms with Crippen LogP contribution in [0.5, 0.6) is 0 Å². The number of aromatic nitrogens is 4. The van der Waals surface area contributed by atoms with Crippen LogP contribution in [-0.4, -0.2) is 90.8 Å². The van der Waals surface area contributed by atoms with Gasteiger partial charge in [-0.15, -0.1) is 0 Å². The van der Waals surface area contributed by atoms with E-state index < -0.39 is 24.3 Å². The number of fused-ring (bicyclic) bond motifs is 1. The number of piperazine rings is 1. The van der Waals surface area contributed by atoms with Gasteiger partial charge >= 0.3 is 24.3 Å². The molecule has 1 saturated heterocycles. The highest BCUT2D eigenvalue weighted by molar-refractivity contribution is 5.81. The average molecular weight is 576 g/mol. The number of amides is 1. The second-order valence-corrected chi connectivity index (χ2v) is 8.52. The monoisotopic (exact) mass is 576 g/mol. The summed E-state index contributed by atoms with van der Waals surface area (Å²) in [6.07, 6.45) is 1.17. The van der Waals surface area contributed by atoms with Crippen LogP contribution in [0.3, 0.4) is 0 Å². The number of hydrogen-bond acceptors (Lipinski definition) is 7. The van der Waals surface area contributed by atoms with E-state index in [1.807, 2.05) is 41.8 Å². The van der Waals surface area contributed by atoms with Crippen LogP contribution >= 0.6 is 0 Å². The van der Waals surface area contributed by atoms with E-state index in [2.05, 4.69) is 24.3 Å². The Kier molecular flexibility index (Phi) is 9.16. The van der Waals surface area contributed by atoms with Crippen molar-refractivity contribution in [3.63, 3.8) is 0 Å². The van der Waals surface area contributed by atoms with E-state index in [9.17, 15) is 31.1 Å². The fourth-order valence-electron chi connectivity index (χ4n) is 3.58. The lowest BCUT2D eigenvalue weighted by atomic mass is 10.2. The molecule has 0 atom stereocenters. The van der Waals surface area contributed by atoms with Gasteiger partial charge < -0.3 is 20.0 Å². The lowest BCUT2D eigenvalue weighted by molar-refractivity contribution is -0.193. The standard InChI is InChI=1S/C19H20N6O.2C2HF3O2/c26-19(14-3-4-14)24-10-8-23(9-11-24)17-18-22-13-16(25(18)7-6-21-17)15-2-1-5-20-12-15;2*3-2(4,5)1(6)7/h1-2,5-7,12-14H,3-4,8-11H2;2*(H,6,7). The maximum atomic E-state index is 12.2. The Bertz CT molecular complexity index is 1310. The Morgan fingerprint density at radius 1 is 0.850 bits per heavy atom. The largest absolute Gasteiger partial charge is 0.490 e. The SMILES string of the molecule is O=C(C1CC1)N1CCN(c2nccn3c(-c4cccnc4)cnc23)CC1.O=C(O)C(F)(F)F.O=C(O)C(F)(F)F. The molecule has 2 N–H and O–H groups in total. The third-order valence-electron chi connectivity index (χ3n) is 5.67. The molecule has 0 bridgehead atoms. The summed E-state index contributed by atoms with van der Waals surface area (Å²) in [4.78, 5) is 47.7. The molecule has 3 aromatic heterocycles. The molecule has 2 aliphatic rings. The van der Waals surface area contributed by atoms with Gasteiger partial charge in [0.05, 0.1) is 11.9 Å². The highest BCUT2D eigenvalue weighted by Gasteiger charge is 2.39. The van der Waals surface area contributed by atoms with Crippen LogP contribution in [0.1, 0.15) is 12.8 Å². The van der Waals surface area contributed by atoms with Crippen LogP contribution in [0, 0.1) is 5.92 Å². The van der Waals surface area contributed by atoms with Gasteiger partial charge in [-0.1, -0.05) is 0 Å². The summed E-state index contributed by atoms with van der Waals surface area (Å²) < 4.78 is 65.5. The first-order valence-corrected chi connectivity index (χ1v) is 11.6. The summed E-state index contributed by atoms with van der Waals surface area (Å²) in [5, 5.41) is 14.2. The zero-order valence-electron chi connectivity index (χ0n) is 20.4. The second-order valence-electron chi connectivity index (χ2n) is 8.52. The first-order valence-electron chi connectivity index (χ1n) is 11.6. The zero-order valence-corrected chi connectivity index (χ0v) is 20.4. The summed E-state index contributed by atoms with van der Waals surface area (Å²) in [5.41, 5.74) is 2.87. The third-order valence-corrected chi connectivity index (χ3v) is 5.67. The molecule has 216 valence electrons. The Hall–Kier alpha value is -4.44. The van der Waals surface area contributed by atoms with Crippen molar-refractivity contribution in [1.82, 2.24) is 24.3 Å². The molecule has 17 heteroatoms. The summed E-state index contributed by atoms with van der Waals surface area (Å²) in [5.74, 6) is -4.02. The third kappa shape index (κ3) is 7.79. The normalized spacial score (nSPS) is 15.4. The Morgan fingerprint density at radius 2 is 1.43 bits per heavy atom. The first-order chi connectivity index (χ1) is 18.7. The van der Waals surface area contributed by atoms with E-state index in [-0.39, 0.29) is 5.92 Å². The Morgan fingerprint density at radius 3 is 1.90 bits per heavy atom. The number of anilines is 1. The number of carbonyl (C=O) groups is 3. The minimum atomic E-state index is -5.08. The van der Waals surface area contributed by atoms with E-state index in [4.69, 9.17) is 19.8 Å². The van der Waals surface area contributed by atoms with Crippen LogP contribution in [-0.2, 0) is 14.4 Å². The van der Waals surface area contributed by atoms with Crippen molar-refractivity contribution in [2.45, 2.75) is 25.2 Å². The van der Waals surface area contributed by atoms with Gasteiger partial charge in [0.25, 0.3) is 0 Å². The fourth-order valence-corrected chi connectivity index (χ4v) is 3.58. The van der Waals surface area contributed by atoms with Gasteiger partial charge in [-0.3, -0.25) is 14.2 Å². The van der Waals surface area contributed by atoms with Gasteiger partial charge in [-0.05, 0) is 25.0 Å². The number of nitrogens with zero attached hydrogens (tertiary/aromatic N) is 6. The smallest absolute Gasteiger partial charge is 0.475 e. The number of pyridine rings is 1. The summed E-state index contributed by atoms with van der Waals surface area (Å²) >= 11 is 0. The number of halogens is 6. The molecular formula is C23H22F6N6O5. The van der Waals surface area contributed by atoms with Crippen LogP contribution < -0.4 is 4.90 Å². The quantitative estimate of drug-likeness (QED) is 0.450. The lowest BCUT2D eigenvalue weighted by Gasteiger charge is -2.35. The number of carbonyl (C=O) groups excluding carboxylic acids is 1. The van der Waals surface area contributed by atoms with Crippen molar-refractivity contribution < 1.29 is 50.9 Å². The van der Waals surface area contributed by atoms with Crippen molar-refractivity contribution in [3.8, 4) is 11.3 Å². The molecule has 1 amide bonds. The van der Waals surface area contributed by atoms with Gasteiger partial charge in [-0.25, -0.2) is 19.6 Å². The number of rotatable bonds is 3. The highest BCUT2D eigenvalue weighted by atomic mass is 19.4. The molecule has 0 unspecified atom stereocenters. The van der Waals surface area contributed by atoms with Crippen LogP contribution in [0.2, 0.25) is 0 Å². The molecule has 1 aliphatic carbocycles. The number of carboxylic acid groups (broad SMARTS) is 2. The molecule has 0 radical (unpaired) electrons. The number of hydrogen-bond donors (Lipinski definition) is 2. The number of imidazole rings is 1. The Balaban J connectivity index is 0.000000263. The van der Waals surface area contributed by atoms with E-state index >= 15 is 0 Å². The van der Waals surface area contributed by atoms with Crippen LogP contribution in [0.15, 0.2) is 43.1 Å². The van der Waals surface area contributed by atoms with Crippen LogP contribution in [0.4, 0.5) is 32.2 Å².